The van der Waals surface area contributed by atoms with Gasteiger partial charge in [-0.15, -0.1) is 0 Å². The van der Waals surface area contributed by atoms with E-state index < -0.39 is 42.8 Å². The van der Waals surface area contributed by atoms with E-state index in [2.05, 4.69) is 0 Å². The van der Waals surface area contributed by atoms with E-state index in [1.54, 1.807) is 0 Å². The van der Waals surface area contributed by atoms with Crippen LogP contribution in [-0.2, 0) is 4.79 Å². The lowest BCUT2D eigenvalue weighted by molar-refractivity contribution is -0.396. The largest absolute Gasteiger partial charge is 0.481 e. The molecule has 1 N–H and O–H groups in total. The van der Waals surface area contributed by atoms with Gasteiger partial charge in [-0.05, 0) is 12.8 Å². The standard InChI is InChI=1S/C15H21F9O2/c16-12(17,13(18,19)14(20,21)15(22,23)24)10-8-6-4-2-1-3-5-7-9-11(25)26/h1-10H2,(H,25,26). The van der Waals surface area contributed by atoms with E-state index >= 15 is 0 Å². The molecule has 0 aromatic heterocycles. The number of alkyl halides is 9. The third-order valence-electron chi connectivity index (χ3n) is 3.84. The van der Waals surface area contributed by atoms with Crippen LogP contribution >= 0.6 is 0 Å². The molecule has 0 unspecified atom stereocenters. The molecular formula is C15H21F9O2. The molecule has 0 aliphatic carbocycles. The summed E-state index contributed by atoms with van der Waals surface area (Å²) in [4.78, 5) is 10.3. The van der Waals surface area contributed by atoms with E-state index in [0.29, 0.717) is 38.5 Å². The zero-order valence-corrected chi connectivity index (χ0v) is 13.8. The second kappa shape index (κ2) is 9.68. The molecule has 0 heterocycles. The summed E-state index contributed by atoms with van der Waals surface area (Å²) in [6.45, 7) is 0. The van der Waals surface area contributed by atoms with Gasteiger partial charge in [-0.25, -0.2) is 0 Å². The lowest BCUT2D eigenvalue weighted by Gasteiger charge is -2.33. The van der Waals surface area contributed by atoms with E-state index in [-0.39, 0.29) is 12.8 Å². The lowest BCUT2D eigenvalue weighted by Crippen LogP contribution is -2.60. The molecule has 0 aliphatic rings. The van der Waals surface area contributed by atoms with E-state index in [1.807, 2.05) is 0 Å². The predicted molar refractivity (Wildman–Crippen MR) is 74.7 cm³/mol. The van der Waals surface area contributed by atoms with Crippen molar-refractivity contribution in [2.24, 2.45) is 0 Å². The molecule has 0 aromatic rings. The first-order chi connectivity index (χ1) is 11.7. The number of carbonyl (C=O) groups is 1. The fraction of sp³-hybridized carbons (Fsp3) is 0.933. The summed E-state index contributed by atoms with van der Waals surface area (Å²) in [6, 6.07) is 0. The molecule has 0 radical (unpaired) electrons. The monoisotopic (exact) mass is 404 g/mol. The highest BCUT2D eigenvalue weighted by Gasteiger charge is 2.81. The fourth-order valence-electron chi connectivity index (χ4n) is 2.25. The summed E-state index contributed by atoms with van der Waals surface area (Å²) in [6.07, 6.45) is -5.79. The number of hydrogen-bond donors (Lipinski definition) is 1. The van der Waals surface area contributed by atoms with Gasteiger partial charge < -0.3 is 5.11 Å². The van der Waals surface area contributed by atoms with Crippen LogP contribution in [-0.4, -0.2) is 35.0 Å². The number of unbranched alkanes of at least 4 members (excludes halogenated alkanes) is 7. The second-order valence-electron chi connectivity index (χ2n) is 6.07. The first-order valence-electron chi connectivity index (χ1n) is 8.09. The SMILES string of the molecule is O=C(O)CCCCCCCCCCC(F)(F)C(F)(F)C(F)(F)C(F)(F)F. The highest BCUT2D eigenvalue weighted by Crippen LogP contribution is 2.54. The van der Waals surface area contributed by atoms with Crippen LogP contribution in [0.15, 0.2) is 0 Å². The van der Waals surface area contributed by atoms with Gasteiger partial charge in [-0.3, -0.25) is 4.79 Å². The third kappa shape index (κ3) is 6.86. The van der Waals surface area contributed by atoms with Gasteiger partial charge in [0.15, 0.2) is 0 Å². The molecule has 0 saturated carbocycles. The van der Waals surface area contributed by atoms with Crippen molar-refractivity contribution in [2.75, 3.05) is 0 Å². The van der Waals surface area contributed by atoms with E-state index in [9.17, 15) is 44.3 Å². The normalized spacial score (nSPS) is 13.9. The molecule has 0 spiro atoms. The first kappa shape index (κ1) is 24.8. The van der Waals surface area contributed by atoms with Crippen LogP contribution in [0.5, 0.6) is 0 Å². The van der Waals surface area contributed by atoms with Crippen LogP contribution in [0.1, 0.15) is 64.2 Å². The predicted octanol–water partition coefficient (Wildman–Crippen LogP) is 6.44. The second-order valence-corrected chi connectivity index (χ2v) is 6.07. The molecule has 11 heteroatoms. The van der Waals surface area contributed by atoms with Crippen LogP contribution in [0, 0.1) is 0 Å². The maximum Gasteiger partial charge on any atom is 0.460 e. The van der Waals surface area contributed by atoms with Gasteiger partial charge in [0.05, 0.1) is 0 Å². The molecule has 0 atom stereocenters. The van der Waals surface area contributed by atoms with Crippen molar-refractivity contribution >= 4 is 5.97 Å². The number of rotatable bonds is 13. The highest BCUT2D eigenvalue weighted by molar-refractivity contribution is 5.66. The summed E-state index contributed by atoms with van der Waals surface area (Å²) in [5.74, 6) is -19.7. The smallest absolute Gasteiger partial charge is 0.460 e. The van der Waals surface area contributed by atoms with Crippen LogP contribution in [0.2, 0.25) is 0 Å². The molecule has 0 saturated heterocycles. The summed E-state index contributed by atoms with van der Waals surface area (Å²) >= 11 is 0. The average molecular weight is 404 g/mol. The average Bonchev–Trinajstić information content (AvgIpc) is 2.47. The molecule has 0 fully saturated rings. The Labute approximate surface area is 144 Å². The number of carboxylic acid groups (broad SMARTS) is 1. The molecular weight excluding hydrogens is 383 g/mol. The van der Waals surface area contributed by atoms with Gasteiger partial charge in [-0.1, -0.05) is 38.5 Å². The summed E-state index contributed by atoms with van der Waals surface area (Å²) in [5.41, 5.74) is 0. The van der Waals surface area contributed by atoms with Crippen molar-refractivity contribution in [3.05, 3.63) is 0 Å². The van der Waals surface area contributed by atoms with Crippen LogP contribution in [0.3, 0.4) is 0 Å². The number of carboxylic acids is 1. The zero-order chi connectivity index (χ0) is 20.6. The van der Waals surface area contributed by atoms with Gasteiger partial charge in [0.1, 0.15) is 0 Å². The molecule has 2 nitrogen and oxygen atoms in total. The topological polar surface area (TPSA) is 37.3 Å². The van der Waals surface area contributed by atoms with Crippen molar-refractivity contribution in [3.63, 3.8) is 0 Å². The van der Waals surface area contributed by atoms with Gasteiger partial charge in [0.25, 0.3) is 0 Å². The highest BCUT2D eigenvalue weighted by atomic mass is 19.4. The molecule has 156 valence electrons. The van der Waals surface area contributed by atoms with Crippen LogP contribution in [0.4, 0.5) is 39.5 Å². The Bertz CT molecular complexity index is 433. The van der Waals surface area contributed by atoms with E-state index in [1.165, 1.54) is 0 Å². The Kier molecular flexibility index (Phi) is 9.25. The van der Waals surface area contributed by atoms with Crippen molar-refractivity contribution in [1.29, 1.82) is 0 Å². The number of halogens is 9. The van der Waals surface area contributed by atoms with Gasteiger partial charge in [0.2, 0.25) is 0 Å². The molecule has 0 amide bonds. The molecule has 0 bridgehead atoms. The Balaban J connectivity index is 4.16. The minimum Gasteiger partial charge on any atom is -0.481 e. The summed E-state index contributed by atoms with van der Waals surface area (Å²) in [7, 11) is 0. The van der Waals surface area contributed by atoms with Gasteiger partial charge in [0, 0.05) is 12.8 Å². The third-order valence-corrected chi connectivity index (χ3v) is 3.84. The van der Waals surface area contributed by atoms with E-state index in [4.69, 9.17) is 5.11 Å². The maximum atomic E-state index is 13.2. The van der Waals surface area contributed by atoms with Crippen molar-refractivity contribution in [3.8, 4) is 0 Å². The Morgan fingerprint density at radius 1 is 0.615 bits per heavy atom. The van der Waals surface area contributed by atoms with Gasteiger partial charge in [-0.2, -0.15) is 39.5 Å². The Hall–Kier alpha value is -1.16. The Morgan fingerprint density at radius 2 is 1.00 bits per heavy atom. The molecule has 26 heavy (non-hydrogen) atoms. The molecule has 0 rings (SSSR count). The fourth-order valence-corrected chi connectivity index (χ4v) is 2.25. The summed E-state index contributed by atoms with van der Waals surface area (Å²) in [5, 5.41) is 8.41. The van der Waals surface area contributed by atoms with Crippen molar-refractivity contribution < 1.29 is 49.4 Å². The number of aliphatic carboxylic acids is 1. The minimum absolute atomic E-state index is 0.0155. The maximum absolute atomic E-state index is 13.2. The quantitative estimate of drug-likeness (QED) is 0.283. The minimum atomic E-state index is -6.82. The van der Waals surface area contributed by atoms with Crippen LogP contribution in [0.25, 0.3) is 0 Å². The van der Waals surface area contributed by atoms with Gasteiger partial charge >= 0.3 is 29.9 Å². The number of hydrogen-bond acceptors (Lipinski definition) is 1. The van der Waals surface area contributed by atoms with Crippen LogP contribution < -0.4 is 0 Å². The summed E-state index contributed by atoms with van der Waals surface area (Å²) < 4.78 is 114. The zero-order valence-electron chi connectivity index (χ0n) is 13.8. The van der Waals surface area contributed by atoms with Crippen molar-refractivity contribution in [2.45, 2.75) is 88.2 Å². The Morgan fingerprint density at radius 3 is 1.38 bits per heavy atom. The van der Waals surface area contributed by atoms with E-state index in [0.717, 1.165) is 0 Å². The first-order valence-corrected chi connectivity index (χ1v) is 8.09. The molecule has 0 aliphatic heterocycles. The lowest BCUT2D eigenvalue weighted by atomic mass is 9.97. The van der Waals surface area contributed by atoms with Crippen molar-refractivity contribution in [1.82, 2.24) is 0 Å². The molecule has 0 aromatic carbocycles.